The summed E-state index contributed by atoms with van der Waals surface area (Å²) in [6.07, 6.45) is 4.70. The van der Waals surface area contributed by atoms with Crippen LogP contribution in [-0.4, -0.2) is 17.4 Å². The number of thiophene rings is 2. The molecule has 2 aromatic rings. The van der Waals surface area contributed by atoms with Crippen molar-refractivity contribution in [2.24, 2.45) is 0 Å². The molecular formula is C17H21NOS2. The molecule has 1 unspecified atom stereocenters. The third kappa shape index (κ3) is 3.22. The molecule has 0 radical (unpaired) electrons. The molecule has 4 heteroatoms. The Morgan fingerprint density at radius 2 is 2.24 bits per heavy atom. The summed E-state index contributed by atoms with van der Waals surface area (Å²) in [7, 11) is 0. The fourth-order valence-electron chi connectivity index (χ4n) is 3.15. The SMILES string of the molecule is CCC1c2ccsc2CCN1C(=O)CCCc1cccs1. The molecule has 0 aliphatic carbocycles. The van der Waals surface area contributed by atoms with Gasteiger partial charge < -0.3 is 4.90 Å². The van der Waals surface area contributed by atoms with Crippen molar-refractivity contribution in [2.75, 3.05) is 6.54 Å². The largest absolute Gasteiger partial charge is 0.335 e. The van der Waals surface area contributed by atoms with Crippen LogP contribution in [0.2, 0.25) is 0 Å². The average Bonchev–Trinajstić information content (AvgIpc) is 3.16. The Bertz CT molecular complexity index is 588. The first-order valence-electron chi connectivity index (χ1n) is 7.67. The Morgan fingerprint density at radius 3 is 3.00 bits per heavy atom. The molecule has 0 spiro atoms. The molecule has 112 valence electrons. The van der Waals surface area contributed by atoms with Crippen molar-refractivity contribution in [3.63, 3.8) is 0 Å². The van der Waals surface area contributed by atoms with Gasteiger partial charge in [0, 0.05) is 22.7 Å². The summed E-state index contributed by atoms with van der Waals surface area (Å²) in [5.74, 6) is 0.329. The average molecular weight is 319 g/mol. The second kappa shape index (κ2) is 6.75. The van der Waals surface area contributed by atoms with Crippen LogP contribution in [0.25, 0.3) is 0 Å². The predicted molar refractivity (Wildman–Crippen MR) is 90.0 cm³/mol. The number of rotatable bonds is 5. The molecule has 0 saturated carbocycles. The minimum Gasteiger partial charge on any atom is -0.335 e. The predicted octanol–water partition coefficient (Wildman–Crippen LogP) is 4.67. The van der Waals surface area contributed by atoms with E-state index in [1.54, 1.807) is 11.3 Å². The lowest BCUT2D eigenvalue weighted by atomic mass is 9.97. The summed E-state index contributed by atoms with van der Waals surface area (Å²) in [6.45, 7) is 3.08. The van der Waals surface area contributed by atoms with Crippen molar-refractivity contribution in [3.8, 4) is 0 Å². The molecule has 2 aromatic heterocycles. The van der Waals surface area contributed by atoms with Crippen LogP contribution in [-0.2, 0) is 17.6 Å². The Kier molecular flexibility index (Phi) is 4.76. The zero-order valence-electron chi connectivity index (χ0n) is 12.4. The number of carbonyl (C=O) groups excluding carboxylic acids is 1. The molecule has 3 rings (SSSR count). The van der Waals surface area contributed by atoms with Crippen LogP contribution in [0.5, 0.6) is 0 Å². The molecule has 1 atom stereocenters. The Labute approximate surface area is 134 Å². The molecule has 1 aliphatic rings. The first kappa shape index (κ1) is 14.8. The number of aryl methyl sites for hydroxylation is 1. The van der Waals surface area contributed by atoms with Gasteiger partial charge in [0.15, 0.2) is 0 Å². The quantitative estimate of drug-likeness (QED) is 0.784. The van der Waals surface area contributed by atoms with E-state index in [2.05, 4.69) is 40.8 Å². The van der Waals surface area contributed by atoms with E-state index in [1.165, 1.54) is 15.3 Å². The lowest BCUT2D eigenvalue weighted by Crippen LogP contribution is -2.39. The van der Waals surface area contributed by atoms with Crippen molar-refractivity contribution in [1.29, 1.82) is 0 Å². The van der Waals surface area contributed by atoms with Crippen LogP contribution in [0.4, 0.5) is 0 Å². The summed E-state index contributed by atoms with van der Waals surface area (Å²) >= 11 is 3.62. The van der Waals surface area contributed by atoms with Crippen molar-refractivity contribution >= 4 is 28.6 Å². The zero-order chi connectivity index (χ0) is 14.7. The van der Waals surface area contributed by atoms with Crippen molar-refractivity contribution in [1.82, 2.24) is 4.90 Å². The van der Waals surface area contributed by atoms with Gasteiger partial charge >= 0.3 is 0 Å². The number of carbonyl (C=O) groups is 1. The molecule has 0 bridgehead atoms. The maximum absolute atomic E-state index is 12.6. The number of fused-ring (bicyclic) bond motifs is 1. The monoisotopic (exact) mass is 319 g/mol. The maximum atomic E-state index is 12.6. The van der Waals surface area contributed by atoms with Crippen LogP contribution in [0.3, 0.4) is 0 Å². The highest BCUT2D eigenvalue weighted by molar-refractivity contribution is 7.10. The minimum atomic E-state index is 0.300. The van der Waals surface area contributed by atoms with Gasteiger partial charge in [-0.3, -0.25) is 4.79 Å². The number of nitrogens with zero attached hydrogens (tertiary/aromatic N) is 1. The van der Waals surface area contributed by atoms with E-state index in [0.717, 1.165) is 32.2 Å². The molecule has 0 N–H and O–H groups in total. The maximum Gasteiger partial charge on any atom is 0.223 e. The van der Waals surface area contributed by atoms with Crippen LogP contribution in [0.15, 0.2) is 29.0 Å². The molecule has 21 heavy (non-hydrogen) atoms. The summed E-state index contributed by atoms with van der Waals surface area (Å²) in [4.78, 5) is 17.5. The molecule has 1 aliphatic heterocycles. The van der Waals surface area contributed by atoms with Gasteiger partial charge in [-0.15, -0.1) is 22.7 Å². The van der Waals surface area contributed by atoms with Crippen molar-refractivity contribution < 1.29 is 4.79 Å². The van der Waals surface area contributed by atoms with Crippen LogP contribution < -0.4 is 0 Å². The smallest absolute Gasteiger partial charge is 0.223 e. The normalized spacial score (nSPS) is 17.8. The van der Waals surface area contributed by atoms with Crippen molar-refractivity contribution in [2.45, 2.75) is 45.1 Å². The van der Waals surface area contributed by atoms with Gasteiger partial charge in [-0.25, -0.2) is 0 Å². The fourth-order valence-corrected chi connectivity index (χ4v) is 4.83. The van der Waals surface area contributed by atoms with Crippen LogP contribution >= 0.6 is 22.7 Å². The van der Waals surface area contributed by atoms with Gasteiger partial charge in [0.2, 0.25) is 5.91 Å². The van der Waals surface area contributed by atoms with E-state index in [1.807, 2.05) is 11.3 Å². The topological polar surface area (TPSA) is 20.3 Å². The van der Waals surface area contributed by atoms with Crippen LogP contribution in [0, 0.1) is 0 Å². The summed E-state index contributed by atoms with van der Waals surface area (Å²) in [5, 5.41) is 4.27. The standard InChI is InChI=1S/C17H21NOS2/c1-2-15-14-9-12-21-16(14)8-10-18(15)17(19)7-3-5-13-6-4-11-20-13/h4,6,9,11-12,15H,2-3,5,7-8,10H2,1H3. The Morgan fingerprint density at radius 1 is 1.33 bits per heavy atom. The first-order chi connectivity index (χ1) is 10.3. The third-order valence-corrected chi connectivity index (χ3v) is 6.13. The lowest BCUT2D eigenvalue weighted by Gasteiger charge is -2.35. The summed E-state index contributed by atoms with van der Waals surface area (Å²) in [5.41, 5.74) is 1.39. The van der Waals surface area contributed by atoms with Gasteiger partial charge in [0.1, 0.15) is 0 Å². The van der Waals surface area contributed by atoms with E-state index in [4.69, 9.17) is 0 Å². The molecular weight excluding hydrogens is 298 g/mol. The van der Waals surface area contributed by atoms with Crippen molar-refractivity contribution in [3.05, 3.63) is 44.3 Å². The number of hydrogen-bond acceptors (Lipinski definition) is 3. The van der Waals surface area contributed by atoms with E-state index in [0.29, 0.717) is 18.4 Å². The highest BCUT2D eigenvalue weighted by atomic mass is 32.1. The van der Waals surface area contributed by atoms with E-state index in [-0.39, 0.29) is 0 Å². The Balaban J connectivity index is 1.59. The third-order valence-electron chi connectivity index (χ3n) is 4.20. The minimum absolute atomic E-state index is 0.300. The number of amides is 1. The summed E-state index contributed by atoms with van der Waals surface area (Å²) < 4.78 is 0. The second-order valence-electron chi connectivity index (χ2n) is 5.49. The number of hydrogen-bond donors (Lipinski definition) is 0. The molecule has 0 aromatic carbocycles. The van der Waals surface area contributed by atoms with Gasteiger partial charge in [0.05, 0.1) is 6.04 Å². The summed E-state index contributed by atoms with van der Waals surface area (Å²) in [6, 6.07) is 6.74. The van der Waals surface area contributed by atoms with Gasteiger partial charge in [-0.2, -0.15) is 0 Å². The molecule has 2 nitrogen and oxygen atoms in total. The fraction of sp³-hybridized carbons (Fsp3) is 0.471. The van der Waals surface area contributed by atoms with Gasteiger partial charge in [-0.05, 0) is 54.1 Å². The van der Waals surface area contributed by atoms with E-state index >= 15 is 0 Å². The molecule has 3 heterocycles. The molecule has 0 fully saturated rings. The molecule has 1 amide bonds. The van der Waals surface area contributed by atoms with E-state index < -0.39 is 0 Å². The van der Waals surface area contributed by atoms with Gasteiger partial charge in [-0.1, -0.05) is 13.0 Å². The lowest BCUT2D eigenvalue weighted by molar-refractivity contribution is -0.134. The van der Waals surface area contributed by atoms with Crippen LogP contribution in [0.1, 0.15) is 47.5 Å². The Hall–Kier alpha value is -1.13. The highest BCUT2D eigenvalue weighted by Crippen LogP contribution is 2.35. The van der Waals surface area contributed by atoms with E-state index in [9.17, 15) is 4.79 Å². The zero-order valence-corrected chi connectivity index (χ0v) is 14.0. The first-order valence-corrected chi connectivity index (χ1v) is 9.43. The second-order valence-corrected chi connectivity index (χ2v) is 7.53. The van der Waals surface area contributed by atoms with Gasteiger partial charge in [0.25, 0.3) is 0 Å². The molecule has 0 saturated heterocycles. The highest BCUT2D eigenvalue weighted by Gasteiger charge is 2.29.